The standard InChI is InChI=1S/C13H18N2O3/c1-2-18-10-4-3-7-15(9-10)12-5-6-14-8-11(12)13(16)17/h5-6,8,10H,2-4,7,9H2,1H3,(H,16,17). The summed E-state index contributed by atoms with van der Waals surface area (Å²) >= 11 is 0. The zero-order valence-electron chi connectivity index (χ0n) is 10.5. The van der Waals surface area contributed by atoms with E-state index in [2.05, 4.69) is 9.88 Å². The third-order valence-corrected chi connectivity index (χ3v) is 3.15. The largest absolute Gasteiger partial charge is 0.478 e. The first-order chi connectivity index (χ1) is 8.72. The molecule has 1 fully saturated rings. The van der Waals surface area contributed by atoms with Gasteiger partial charge in [-0.15, -0.1) is 0 Å². The molecule has 0 saturated carbocycles. The number of aromatic nitrogens is 1. The van der Waals surface area contributed by atoms with E-state index in [-0.39, 0.29) is 11.7 Å². The summed E-state index contributed by atoms with van der Waals surface area (Å²) in [6.07, 6.45) is 5.29. The fourth-order valence-corrected chi connectivity index (χ4v) is 2.36. The maximum Gasteiger partial charge on any atom is 0.339 e. The first-order valence-corrected chi connectivity index (χ1v) is 6.26. The lowest BCUT2D eigenvalue weighted by Crippen LogP contribution is -2.40. The summed E-state index contributed by atoms with van der Waals surface area (Å²) in [4.78, 5) is 17.1. The highest BCUT2D eigenvalue weighted by Gasteiger charge is 2.23. The number of pyridine rings is 1. The Morgan fingerprint density at radius 2 is 2.50 bits per heavy atom. The second-order valence-electron chi connectivity index (χ2n) is 4.36. The fraction of sp³-hybridized carbons (Fsp3) is 0.538. The summed E-state index contributed by atoms with van der Waals surface area (Å²) in [7, 11) is 0. The summed E-state index contributed by atoms with van der Waals surface area (Å²) in [6.45, 7) is 4.29. The molecule has 1 atom stereocenters. The van der Waals surface area contributed by atoms with Gasteiger partial charge in [0.2, 0.25) is 0 Å². The van der Waals surface area contributed by atoms with Crippen LogP contribution >= 0.6 is 0 Å². The monoisotopic (exact) mass is 250 g/mol. The van der Waals surface area contributed by atoms with Crippen molar-refractivity contribution in [3.8, 4) is 0 Å². The van der Waals surface area contributed by atoms with Crippen LogP contribution < -0.4 is 4.90 Å². The fourth-order valence-electron chi connectivity index (χ4n) is 2.36. The molecule has 2 rings (SSSR count). The highest BCUT2D eigenvalue weighted by molar-refractivity contribution is 5.94. The number of nitrogens with zero attached hydrogens (tertiary/aromatic N) is 2. The van der Waals surface area contributed by atoms with E-state index in [1.165, 1.54) is 6.20 Å². The molecule has 0 radical (unpaired) electrons. The third kappa shape index (κ3) is 2.79. The summed E-state index contributed by atoms with van der Waals surface area (Å²) in [5, 5.41) is 9.17. The molecule has 1 aliphatic rings. The van der Waals surface area contributed by atoms with Crippen molar-refractivity contribution in [1.29, 1.82) is 0 Å². The summed E-state index contributed by atoms with van der Waals surface area (Å²) in [5.41, 5.74) is 0.997. The molecule has 1 saturated heterocycles. The molecule has 1 aliphatic heterocycles. The Morgan fingerprint density at radius 3 is 3.22 bits per heavy atom. The zero-order chi connectivity index (χ0) is 13.0. The molecule has 0 amide bonds. The highest BCUT2D eigenvalue weighted by atomic mass is 16.5. The molecule has 0 spiro atoms. The van der Waals surface area contributed by atoms with Crippen molar-refractivity contribution < 1.29 is 14.6 Å². The van der Waals surface area contributed by atoms with E-state index in [9.17, 15) is 4.79 Å². The van der Waals surface area contributed by atoms with Crippen LogP contribution in [0.2, 0.25) is 0 Å². The number of hydrogen-bond acceptors (Lipinski definition) is 4. The van der Waals surface area contributed by atoms with Crippen LogP contribution in [0.3, 0.4) is 0 Å². The van der Waals surface area contributed by atoms with E-state index in [0.29, 0.717) is 6.61 Å². The van der Waals surface area contributed by atoms with Gasteiger partial charge in [0.15, 0.2) is 0 Å². The molecular formula is C13H18N2O3. The van der Waals surface area contributed by atoms with Crippen LogP contribution in [0.4, 0.5) is 5.69 Å². The number of anilines is 1. The number of aromatic carboxylic acids is 1. The Hall–Kier alpha value is -1.62. The second-order valence-corrected chi connectivity index (χ2v) is 4.36. The lowest BCUT2D eigenvalue weighted by atomic mass is 10.1. The minimum atomic E-state index is -0.934. The molecule has 0 bridgehead atoms. The number of ether oxygens (including phenoxy) is 1. The van der Waals surface area contributed by atoms with Crippen molar-refractivity contribution >= 4 is 11.7 Å². The van der Waals surface area contributed by atoms with Gasteiger partial charge in [0.25, 0.3) is 0 Å². The summed E-state index contributed by atoms with van der Waals surface area (Å²) in [6, 6.07) is 1.76. The predicted octanol–water partition coefficient (Wildman–Crippen LogP) is 1.79. The molecule has 0 aromatic carbocycles. The molecule has 5 nitrogen and oxygen atoms in total. The molecule has 18 heavy (non-hydrogen) atoms. The van der Waals surface area contributed by atoms with Gasteiger partial charge in [-0.3, -0.25) is 4.98 Å². The average Bonchev–Trinajstić information content (AvgIpc) is 2.39. The number of carboxylic acid groups (broad SMARTS) is 1. The van der Waals surface area contributed by atoms with Gasteiger partial charge in [0, 0.05) is 32.1 Å². The number of piperidine rings is 1. The molecule has 5 heteroatoms. The van der Waals surface area contributed by atoms with Gasteiger partial charge < -0.3 is 14.7 Å². The van der Waals surface area contributed by atoms with E-state index in [4.69, 9.17) is 9.84 Å². The molecule has 1 N–H and O–H groups in total. The number of carbonyl (C=O) groups is 1. The maximum absolute atomic E-state index is 11.2. The minimum Gasteiger partial charge on any atom is -0.478 e. The van der Waals surface area contributed by atoms with Crippen molar-refractivity contribution in [3.05, 3.63) is 24.0 Å². The first-order valence-electron chi connectivity index (χ1n) is 6.26. The summed E-state index contributed by atoms with van der Waals surface area (Å²) < 4.78 is 5.63. The van der Waals surface area contributed by atoms with Gasteiger partial charge in [-0.1, -0.05) is 0 Å². The topological polar surface area (TPSA) is 62.7 Å². The lowest BCUT2D eigenvalue weighted by molar-refractivity contribution is 0.0524. The van der Waals surface area contributed by atoms with Crippen molar-refractivity contribution in [2.45, 2.75) is 25.9 Å². The second kappa shape index (κ2) is 5.82. The molecule has 0 aliphatic carbocycles. The molecular weight excluding hydrogens is 232 g/mol. The number of hydrogen-bond donors (Lipinski definition) is 1. The quantitative estimate of drug-likeness (QED) is 0.882. The van der Waals surface area contributed by atoms with Crippen LogP contribution in [-0.2, 0) is 4.74 Å². The van der Waals surface area contributed by atoms with Crippen molar-refractivity contribution in [3.63, 3.8) is 0 Å². The number of rotatable bonds is 4. The smallest absolute Gasteiger partial charge is 0.339 e. The van der Waals surface area contributed by atoms with E-state index in [0.717, 1.165) is 31.6 Å². The van der Waals surface area contributed by atoms with Crippen LogP contribution in [0.15, 0.2) is 18.5 Å². The van der Waals surface area contributed by atoms with Crippen LogP contribution in [0.5, 0.6) is 0 Å². The Bertz CT molecular complexity index is 420. The van der Waals surface area contributed by atoms with E-state index in [1.807, 2.05) is 6.92 Å². The number of carboxylic acids is 1. The first kappa shape index (κ1) is 12.8. The Labute approximate surface area is 106 Å². The van der Waals surface area contributed by atoms with Gasteiger partial charge in [0.1, 0.15) is 5.56 Å². The van der Waals surface area contributed by atoms with Crippen LogP contribution in [-0.4, -0.2) is 41.9 Å². The Kier molecular flexibility index (Phi) is 4.15. The van der Waals surface area contributed by atoms with Crippen LogP contribution in [0, 0.1) is 0 Å². The van der Waals surface area contributed by atoms with Gasteiger partial charge in [-0.25, -0.2) is 4.79 Å². The maximum atomic E-state index is 11.2. The van der Waals surface area contributed by atoms with Gasteiger partial charge in [-0.2, -0.15) is 0 Å². The van der Waals surface area contributed by atoms with Gasteiger partial charge >= 0.3 is 5.97 Å². The Balaban J connectivity index is 2.18. The van der Waals surface area contributed by atoms with Crippen molar-refractivity contribution in [1.82, 2.24) is 4.98 Å². The normalized spacial score (nSPS) is 19.8. The molecule has 1 unspecified atom stereocenters. The van der Waals surface area contributed by atoms with Crippen molar-refractivity contribution in [2.75, 3.05) is 24.6 Å². The molecule has 2 heterocycles. The molecule has 1 aromatic heterocycles. The van der Waals surface area contributed by atoms with E-state index >= 15 is 0 Å². The summed E-state index contributed by atoms with van der Waals surface area (Å²) in [5.74, 6) is -0.934. The van der Waals surface area contributed by atoms with Crippen LogP contribution in [0.1, 0.15) is 30.1 Å². The van der Waals surface area contributed by atoms with Crippen molar-refractivity contribution in [2.24, 2.45) is 0 Å². The van der Waals surface area contributed by atoms with E-state index < -0.39 is 5.97 Å². The Morgan fingerprint density at radius 1 is 1.67 bits per heavy atom. The van der Waals surface area contributed by atoms with Gasteiger partial charge in [-0.05, 0) is 25.8 Å². The zero-order valence-corrected chi connectivity index (χ0v) is 10.5. The average molecular weight is 250 g/mol. The minimum absolute atomic E-state index is 0.193. The SMILES string of the molecule is CCOC1CCCN(c2ccncc2C(=O)O)C1. The molecule has 98 valence electrons. The highest BCUT2D eigenvalue weighted by Crippen LogP contribution is 2.24. The lowest BCUT2D eigenvalue weighted by Gasteiger charge is -2.34. The third-order valence-electron chi connectivity index (χ3n) is 3.15. The van der Waals surface area contributed by atoms with E-state index in [1.54, 1.807) is 12.3 Å². The van der Waals surface area contributed by atoms with Gasteiger partial charge in [0.05, 0.1) is 11.8 Å². The molecule has 1 aromatic rings. The van der Waals surface area contributed by atoms with Crippen LogP contribution in [0.25, 0.3) is 0 Å². The predicted molar refractivity (Wildman–Crippen MR) is 68.1 cm³/mol.